The van der Waals surface area contributed by atoms with Gasteiger partial charge in [0, 0.05) is 0 Å². The summed E-state index contributed by atoms with van der Waals surface area (Å²) in [5.74, 6) is 2.86. The lowest BCUT2D eigenvalue weighted by molar-refractivity contribution is 0.0220. The van der Waals surface area contributed by atoms with Crippen LogP contribution in [-0.2, 0) is 4.74 Å². The zero-order valence-corrected chi connectivity index (χ0v) is 13.9. The van der Waals surface area contributed by atoms with E-state index in [-0.39, 0.29) is 0 Å². The normalized spacial score (nSPS) is 34.1. The molecule has 2 fully saturated rings. The molecule has 1 nitrogen and oxygen atoms in total. The highest BCUT2D eigenvalue weighted by Gasteiger charge is 2.30. The van der Waals surface area contributed by atoms with Crippen LogP contribution >= 0.6 is 0 Å². The predicted molar refractivity (Wildman–Crippen MR) is 91.4 cm³/mol. The van der Waals surface area contributed by atoms with Gasteiger partial charge in [-0.3, -0.25) is 0 Å². The Morgan fingerprint density at radius 1 is 0.952 bits per heavy atom. The molecule has 0 radical (unpaired) electrons. The fourth-order valence-electron chi connectivity index (χ4n) is 4.19. The van der Waals surface area contributed by atoms with Crippen molar-refractivity contribution in [1.29, 1.82) is 0 Å². The predicted octanol–water partition coefficient (Wildman–Crippen LogP) is 5.91. The van der Waals surface area contributed by atoms with Crippen molar-refractivity contribution in [3.8, 4) is 0 Å². The molecule has 0 aromatic heterocycles. The van der Waals surface area contributed by atoms with Gasteiger partial charge >= 0.3 is 0 Å². The molecule has 0 amide bonds. The standard InChI is InChI=1S/C20H34O/c1-3-5-6-7-17-8-10-18(11-9-17)19-12-14-20(15-13-19)21-16-4-2/h4,6-7,17-20H,2-3,5,8-16H2,1H3/b7-6+/t17-,18-,19-,20-. The van der Waals surface area contributed by atoms with E-state index in [4.69, 9.17) is 4.74 Å². The van der Waals surface area contributed by atoms with Gasteiger partial charge in [0.1, 0.15) is 0 Å². The van der Waals surface area contributed by atoms with Gasteiger partial charge in [0.25, 0.3) is 0 Å². The van der Waals surface area contributed by atoms with Crippen LogP contribution in [0.3, 0.4) is 0 Å². The highest BCUT2D eigenvalue weighted by molar-refractivity contribution is 4.92. The number of allylic oxidation sites excluding steroid dienone is 2. The third-order valence-corrected chi connectivity index (χ3v) is 5.52. The van der Waals surface area contributed by atoms with E-state index in [2.05, 4.69) is 25.7 Å². The van der Waals surface area contributed by atoms with Crippen molar-refractivity contribution >= 4 is 0 Å². The van der Waals surface area contributed by atoms with Crippen LogP contribution in [0.2, 0.25) is 0 Å². The number of unbranched alkanes of at least 4 members (excludes halogenated alkanes) is 1. The van der Waals surface area contributed by atoms with E-state index in [9.17, 15) is 0 Å². The Kier molecular flexibility index (Phi) is 7.57. The van der Waals surface area contributed by atoms with Gasteiger partial charge < -0.3 is 4.74 Å². The summed E-state index contributed by atoms with van der Waals surface area (Å²) in [6.07, 6.45) is 20.9. The molecule has 0 aromatic rings. The summed E-state index contributed by atoms with van der Waals surface area (Å²) < 4.78 is 5.81. The lowest BCUT2D eigenvalue weighted by Gasteiger charge is -2.37. The average molecular weight is 290 g/mol. The number of ether oxygens (including phenoxy) is 1. The van der Waals surface area contributed by atoms with Crippen molar-refractivity contribution in [1.82, 2.24) is 0 Å². The maximum Gasteiger partial charge on any atom is 0.0648 e. The topological polar surface area (TPSA) is 9.23 Å². The molecule has 2 aliphatic rings. The summed E-state index contributed by atoms with van der Waals surface area (Å²) in [4.78, 5) is 0. The lowest BCUT2D eigenvalue weighted by atomic mass is 9.70. The van der Waals surface area contributed by atoms with Crippen LogP contribution < -0.4 is 0 Å². The highest BCUT2D eigenvalue weighted by Crippen LogP contribution is 2.40. The minimum Gasteiger partial charge on any atom is -0.374 e. The van der Waals surface area contributed by atoms with Crippen molar-refractivity contribution in [2.75, 3.05) is 6.61 Å². The van der Waals surface area contributed by atoms with Crippen LogP contribution in [0, 0.1) is 17.8 Å². The molecule has 0 aliphatic heterocycles. The minimum atomic E-state index is 0.507. The first-order valence-electron chi connectivity index (χ1n) is 9.22. The maximum absolute atomic E-state index is 5.81. The number of hydrogen-bond donors (Lipinski definition) is 0. The minimum absolute atomic E-state index is 0.507. The molecule has 0 bridgehead atoms. The van der Waals surface area contributed by atoms with E-state index < -0.39 is 0 Å². The lowest BCUT2D eigenvalue weighted by Crippen LogP contribution is -2.28. The Labute approximate surface area is 131 Å². The molecular formula is C20H34O. The second kappa shape index (κ2) is 9.46. The molecule has 21 heavy (non-hydrogen) atoms. The van der Waals surface area contributed by atoms with E-state index in [1.165, 1.54) is 64.2 Å². The molecule has 0 unspecified atom stereocenters. The summed E-state index contributed by atoms with van der Waals surface area (Å²) in [6.45, 7) is 6.72. The molecule has 2 aliphatic carbocycles. The molecule has 1 heteroatoms. The summed E-state index contributed by atoms with van der Waals surface area (Å²) >= 11 is 0. The molecule has 0 aromatic carbocycles. The van der Waals surface area contributed by atoms with E-state index in [1.807, 2.05) is 6.08 Å². The summed E-state index contributed by atoms with van der Waals surface area (Å²) in [5, 5.41) is 0. The van der Waals surface area contributed by atoms with Crippen molar-refractivity contribution in [3.63, 3.8) is 0 Å². The third kappa shape index (κ3) is 5.62. The van der Waals surface area contributed by atoms with Crippen molar-refractivity contribution in [2.45, 2.75) is 77.2 Å². The second-order valence-electron chi connectivity index (χ2n) is 7.05. The van der Waals surface area contributed by atoms with Crippen molar-refractivity contribution in [2.24, 2.45) is 17.8 Å². The summed E-state index contributed by atoms with van der Waals surface area (Å²) in [7, 11) is 0. The summed E-state index contributed by atoms with van der Waals surface area (Å²) in [6, 6.07) is 0. The SMILES string of the molecule is C=CCO[C@H]1CC[C@H]([C@H]2CC[C@H](/C=C/CCC)CC2)CC1. The van der Waals surface area contributed by atoms with Crippen LogP contribution in [0.15, 0.2) is 24.8 Å². The molecule has 2 saturated carbocycles. The molecule has 0 N–H and O–H groups in total. The Morgan fingerprint density at radius 3 is 2.14 bits per heavy atom. The van der Waals surface area contributed by atoms with E-state index >= 15 is 0 Å². The van der Waals surface area contributed by atoms with Crippen molar-refractivity contribution in [3.05, 3.63) is 24.8 Å². The van der Waals surface area contributed by atoms with E-state index in [0.29, 0.717) is 6.10 Å². The fourth-order valence-corrected chi connectivity index (χ4v) is 4.19. The van der Waals surface area contributed by atoms with Crippen molar-refractivity contribution < 1.29 is 4.74 Å². The molecule has 0 heterocycles. The van der Waals surface area contributed by atoms with Crippen LogP contribution in [0.1, 0.15) is 71.1 Å². The van der Waals surface area contributed by atoms with Gasteiger partial charge in [-0.25, -0.2) is 0 Å². The third-order valence-electron chi connectivity index (χ3n) is 5.52. The van der Waals surface area contributed by atoms with Crippen LogP contribution in [0.25, 0.3) is 0 Å². The molecule has 2 rings (SSSR count). The number of rotatable bonds is 7. The Morgan fingerprint density at radius 2 is 1.57 bits per heavy atom. The monoisotopic (exact) mass is 290 g/mol. The summed E-state index contributed by atoms with van der Waals surface area (Å²) in [5.41, 5.74) is 0. The van der Waals surface area contributed by atoms with Crippen LogP contribution in [0.5, 0.6) is 0 Å². The quantitative estimate of drug-likeness (QED) is 0.529. The molecule has 120 valence electrons. The van der Waals surface area contributed by atoms with E-state index in [1.54, 1.807) is 0 Å². The first kappa shape index (κ1) is 16.8. The van der Waals surface area contributed by atoms with Gasteiger partial charge in [0.05, 0.1) is 12.7 Å². The Hall–Kier alpha value is -0.560. The van der Waals surface area contributed by atoms with Gasteiger partial charge in [-0.2, -0.15) is 0 Å². The Bertz CT molecular complexity index is 304. The fraction of sp³-hybridized carbons (Fsp3) is 0.800. The number of hydrogen-bond acceptors (Lipinski definition) is 1. The molecule has 0 saturated heterocycles. The zero-order chi connectivity index (χ0) is 14.9. The van der Waals surface area contributed by atoms with Crippen LogP contribution in [-0.4, -0.2) is 12.7 Å². The van der Waals surface area contributed by atoms with Gasteiger partial charge in [-0.05, 0) is 75.5 Å². The smallest absolute Gasteiger partial charge is 0.0648 e. The van der Waals surface area contributed by atoms with Gasteiger partial charge in [0.2, 0.25) is 0 Å². The van der Waals surface area contributed by atoms with Gasteiger partial charge in [0.15, 0.2) is 0 Å². The zero-order valence-electron chi connectivity index (χ0n) is 13.9. The average Bonchev–Trinajstić information content (AvgIpc) is 2.54. The first-order chi connectivity index (χ1) is 10.3. The Balaban J connectivity index is 1.65. The van der Waals surface area contributed by atoms with Gasteiger partial charge in [-0.1, -0.05) is 31.6 Å². The van der Waals surface area contributed by atoms with Crippen LogP contribution in [0.4, 0.5) is 0 Å². The highest BCUT2D eigenvalue weighted by atomic mass is 16.5. The largest absolute Gasteiger partial charge is 0.374 e. The molecular weight excluding hydrogens is 256 g/mol. The second-order valence-corrected chi connectivity index (χ2v) is 7.05. The first-order valence-corrected chi connectivity index (χ1v) is 9.22. The molecule has 0 spiro atoms. The van der Waals surface area contributed by atoms with Gasteiger partial charge in [-0.15, -0.1) is 6.58 Å². The maximum atomic E-state index is 5.81. The van der Waals surface area contributed by atoms with E-state index in [0.717, 1.165) is 24.4 Å². The molecule has 0 atom stereocenters.